The maximum absolute atomic E-state index is 12.1. The molecule has 0 radical (unpaired) electrons. The van der Waals surface area contributed by atoms with Crippen molar-refractivity contribution < 1.29 is 4.79 Å². The second-order valence-corrected chi connectivity index (χ2v) is 5.11. The molecule has 0 aromatic carbocycles. The topological polar surface area (TPSA) is 45.2 Å². The normalized spacial score (nSPS) is 23.3. The monoisotopic (exact) mass is 231 g/mol. The van der Waals surface area contributed by atoms with E-state index in [-0.39, 0.29) is 11.3 Å². The van der Waals surface area contributed by atoms with Gasteiger partial charge in [-0.3, -0.25) is 9.78 Å². The maximum Gasteiger partial charge on any atom is 0.227 e. The highest BCUT2D eigenvalue weighted by atomic mass is 16.2. The Morgan fingerprint density at radius 1 is 1.24 bits per heavy atom. The standard InChI is InChI=1S/C13H17N3O/c17-12-9-13(3-7-15-8-4-13)10-16(12)11-1-5-14-6-2-11/h1-2,5-6,15H,3-4,7-10H2. The molecule has 4 heteroatoms. The van der Waals surface area contributed by atoms with Gasteiger partial charge >= 0.3 is 0 Å². The molecule has 3 rings (SSSR count). The first-order chi connectivity index (χ1) is 8.29. The molecular weight excluding hydrogens is 214 g/mol. The Morgan fingerprint density at radius 2 is 1.94 bits per heavy atom. The number of nitrogens with zero attached hydrogens (tertiary/aromatic N) is 2. The predicted molar refractivity (Wildman–Crippen MR) is 65.7 cm³/mol. The van der Waals surface area contributed by atoms with Gasteiger partial charge in [-0.2, -0.15) is 0 Å². The number of carbonyl (C=O) groups is 1. The van der Waals surface area contributed by atoms with Crippen LogP contribution >= 0.6 is 0 Å². The van der Waals surface area contributed by atoms with Gasteiger partial charge in [0.25, 0.3) is 0 Å². The zero-order chi connectivity index (χ0) is 11.7. The van der Waals surface area contributed by atoms with Crippen molar-refractivity contribution in [1.29, 1.82) is 0 Å². The average Bonchev–Trinajstić information content (AvgIpc) is 2.68. The Morgan fingerprint density at radius 3 is 2.65 bits per heavy atom. The number of amides is 1. The zero-order valence-corrected chi connectivity index (χ0v) is 9.85. The van der Waals surface area contributed by atoms with Gasteiger partial charge < -0.3 is 10.2 Å². The summed E-state index contributed by atoms with van der Waals surface area (Å²) < 4.78 is 0. The Balaban J connectivity index is 1.82. The van der Waals surface area contributed by atoms with Gasteiger partial charge in [0.1, 0.15) is 0 Å². The van der Waals surface area contributed by atoms with Crippen molar-refractivity contribution in [2.45, 2.75) is 19.3 Å². The molecule has 2 aliphatic rings. The van der Waals surface area contributed by atoms with Crippen LogP contribution in [-0.4, -0.2) is 30.5 Å². The summed E-state index contributed by atoms with van der Waals surface area (Å²) in [6.07, 6.45) is 6.42. The van der Waals surface area contributed by atoms with Gasteiger partial charge in [-0.25, -0.2) is 0 Å². The summed E-state index contributed by atoms with van der Waals surface area (Å²) >= 11 is 0. The highest BCUT2D eigenvalue weighted by molar-refractivity contribution is 5.96. The largest absolute Gasteiger partial charge is 0.317 e. The molecule has 2 aliphatic heterocycles. The summed E-state index contributed by atoms with van der Waals surface area (Å²) in [6.45, 7) is 2.95. The van der Waals surface area contributed by atoms with Crippen molar-refractivity contribution in [2.24, 2.45) is 5.41 Å². The molecule has 0 bridgehead atoms. The van der Waals surface area contributed by atoms with Crippen LogP contribution < -0.4 is 10.2 Å². The molecule has 3 heterocycles. The number of rotatable bonds is 1. The van der Waals surface area contributed by atoms with E-state index < -0.39 is 0 Å². The van der Waals surface area contributed by atoms with E-state index in [4.69, 9.17) is 0 Å². The van der Waals surface area contributed by atoms with Crippen molar-refractivity contribution >= 4 is 11.6 Å². The molecule has 90 valence electrons. The molecule has 1 aromatic heterocycles. The number of aromatic nitrogens is 1. The third-order valence-corrected chi connectivity index (χ3v) is 3.96. The maximum atomic E-state index is 12.1. The lowest BCUT2D eigenvalue weighted by Crippen LogP contribution is -2.38. The first-order valence-corrected chi connectivity index (χ1v) is 6.20. The summed E-state index contributed by atoms with van der Waals surface area (Å²) in [5, 5.41) is 3.37. The highest BCUT2D eigenvalue weighted by Crippen LogP contribution is 2.40. The van der Waals surface area contributed by atoms with Gasteiger partial charge in [0.2, 0.25) is 5.91 Å². The molecule has 4 nitrogen and oxygen atoms in total. The molecule has 1 N–H and O–H groups in total. The molecule has 2 saturated heterocycles. The van der Waals surface area contributed by atoms with E-state index in [9.17, 15) is 4.79 Å². The van der Waals surface area contributed by atoms with Crippen molar-refractivity contribution in [2.75, 3.05) is 24.5 Å². The fraction of sp³-hybridized carbons (Fsp3) is 0.538. The van der Waals surface area contributed by atoms with Gasteiger partial charge in [-0.1, -0.05) is 0 Å². The van der Waals surface area contributed by atoms with Crippen molar-refractivity contribution in [3.05, 3.63) is 24.5 Å². The highest BCUT2D eigenvalue weighted by Gasteiger charge is 2.43. The lowest BCUT2D eigenvalue weighted by molar-refractivity contribution is -0.117. The minimum absolute atomic E-state index is 0.214. The third kappa shape index (κ3) is 1.93. The molecule has 0 aliphatic carbocycles. The molecule has 0 unspecified atom stereocenters. The van der Waals surface area contributed by atoms with Crippen molar-refractivity contribution in [1.82, 2.24) is 10.3 Å². The zero-order valence-electron chi connectivity index (χ0n) is 9.85. The molecule has 1 amide bonds. The van der Waals surface area contributed by atoms with E-state index >= 15 is 0 Å². The number of nitrogens with one attached hydrogen (secondary N) is 1. The van der Waals surface area contributed by atoms with E-state index in [1.807, 2.05) is 17.0 Å². The summed E-state index contributed by atoms with van der Waals surface area (Å²) in [5.74, 6) is 0.262. The summed E-state index contributed by atoms with van der Waals surface area (Å²) in [5.41, 5.74) is 1.20. The molecular formula is C13H17N3O. The molecule has 2 fully saturated rings. The molecule has 1 aromatic rings. The first-order valence-electron chi connectivity index (χ1n) is 6.20. The van der Waals surface area contributed by atoms with Crippen LogP contribution in [0.1, 0.15) is 19.3 Å². The van der Waals surface area contributed by atoms with Crippen LogP contribution in [0.25, 0.3) is 0 Å². The summed E-state index contributed by atoms with van der Waals surface area (Å²) in [4.78, 5) is 18.1. The van der Waals surface area contributed by atoms with E-state index in [1.165, 1.54) is 0 Å². The lowest BCUT2D eigenvalue weighted by Gasteiger charge is -2.33. The van der Waals surface area contributed by atoms with Crippen LogP contribution in [-0.2, 0) is 4.79 Å². The van der Waals surface area contributed by atoms with Crippen molar-refractivity contribution in [3.8, 4) is 0 Å². The summed E-state index contributed by atoms with van der Waals surface area (Å²) in [7, 11) is 0. The lowest BCUT2D eigenvalue weighted by atomic mass is 9.78. The Kier molecular flexibility index (Phi) is 2.59. The molecule has 0 saturated carbocycles. The molecule has 0 atom stereocenters. The average molecular weight is 231 g/mol. The number of anilines is 1. The number of pyridine rings is 1. The minimum Gasteiger partial charge on any atom is -0.317 e. The second kappa shape index (κ2) is 4.11. The van der Waals surface area contributed by atoms with Gasteiger partial charge in [0.15, 0.2) is 0 Å². The number of piperidine rings is 1. The SMILES string of the molecule is O=C1CC2(CCNCC2)CN1c1ccncc1. The predicted octanol–water partition coefficient (Wildman–Crippen LogP) is 1.19. The molecule has 1 spiro atoms. The smallest absolute Gasteiger partial charge is 0.227 e. The van der Waals surface area contributed by atoms with Gasteiger partial charge in [-0.05, 0) is 43.5 Å². The van der Waals surface area contributed by atoms with Crippen LogP contribution in [0.15, 0.2) is 24.5 Å². The molecule has 17 heavy (non-hydrogen) atoms. The summed E-state index contributed by atoms with van der Waals surface area (Å²) in [6, 6.07) is 3.83. The Hall–Kier alpha value is -1.42. The van der Waals surface area contributed by atoms with E-state index in [2.05, 4.69) is 10.3 Å². The number of carbonyl (C=O) groups excluding carboxylic acids is 1. The van der Waals surface area contributed by atoms with E-state index in [1.54, 1.807) is 12.4 Å². The van der Waals surface area contributed by atoms with E-state index in [0.717, 1.165) is 38.2 Å². The van der Waals surface area contributed by atoms with Crippen LogP contribution in [0.4, 0.5) is 5.69 Å². The van der Waals surface area contributed by atoms with Gasteiger partial charge in [-0.15, -0.1) is 0 Å². The fourth-order valence-corrected chi connectivity index (χ4v) is 2.95. The second-order valence-electron chi connectivity index (χ2n) is 5.11. The fourth-order valence-electron chi connectivity index (χ4n) is 2.95. The number of hydrogen-bond donors (Lipinski definition) is 1. The van der Waals surface area contributed by atoms with Crippen molar-refractivity contribution in [3.63, 3.8) is 0 Å². The van der Waals surface area contributed by atoms with Gasteiger partial charge in [0, 0.05) is 31.0 Å². The number of hydrogen-bond acceptors (Lipinski definition) is 3. The van der Waals surface area contributed by atoms with Crippen LogP contribution in [0.2, 0.25) is 0 Å². The quantitative estimate of drug-likeness (QED) is 0.789. The third-order valence-electron chi connectivity index (χ3n) is 3.96. The first kappa shape index (κ1) is 10.7. The van der Waals surface area contributed by atoms with Gasteiger partial charge in [0.05, 0.1) is 0 Å². The van der Waals surface area contributed by atoms with Crippen LogP contribution in [0, 0.1) is 5.41 Å². The van der Waals surface area contributed by atoms with E-state index in [0.29, 0.717) is 6.42 Å². The van der Waals surface area contributed by atoms with Crippen LogP contribution in [0.5, 0.6) is 0 Å². The Bertz CT molecular complexity index is 412. The Labute approximate surface area is 101 Å². The van der Waals surface area contributed by atoms with Crippen LogP contribution in [0.3, 0.4) is 0 Å². The minimum atomic E-state index is 0.214.